The van der Waals surface area contributed by atoms with E-state index < -0.39 is 24.7 Å². The number of nitrogen functional groups attached to an aromatic ring is 1. The van der Waals surface area contributed by atoms with E-state index in [9.17, 15) is 18.0 Å². The fourth-order valence-electron chi connectivity index (χ4n) is 1.56. The van der Waals surface area contributed by atoms with Gasteiger partial charge in [-0.05, 0) is 19.9 Å². The van der Waals surface area contributed by atoms with Crippen molar-refractivity contribution in [3.05, 3.63) is 17.8 Å². The van der Waals surface area contributed by atoms with Crippen molar-refractivity contribution in [2.75, 3.05) is 17.2 Å². The SMILES string of the molecule is CC(C)N(CC(F)(F)F)c1ncc(N)cc1C(=O)O. The zero-order chi connectivity index (χ0) is 14.8. The van der Waals surface area contributed by atoms with E-state index >= 15 is 0 Å². The number of rotatable bonds is 4. The van der Waals surface area contributed by atoms with Gasteiger partial charge in [-0.2, -0.15) is 13.2 Å². The van der Waals surface area contributed by atoms with Crippen molar-refractivity contribution in [1.82, 2.24) is 4.98 Å². The maximum atomic E-state index is 12.5. The largest absolute Gasteiger partial charge is 0.478 e. The van der Waals surface area contributed by atoms with Crippen LogP contribution in [-0.4, -0.2) is 34.8 Å². The van der Waals surface area contributed by atoms with Gasteiger partial charge in [-0.3, -0.25) is 0 Å². The third-order valence-electron chi connectivity index (χ3n) is 2.36. The van der Waals surface area contributed by atoms with E-state index in [0.717, 1.165) is 17.2 Å². The van der Waals surface area contributed by atoms with E-state index in [4.69, 9.17) is 10.8 Å². The van der Waals surface area contributed by atoms with Crippen LogP contribution in [0.2, 0.25) is 0 Å². The smallest absolute Gasteiger partial charge is 0.405 e. The first-order valence-electron chi connectivity index (χ1n) is 5.44. The first-order valence-corrected chi connectivity index (χ1v) is 5.44. The molecule has 0 aliphatic heterocycles. The number of carboxylic acid groups (broad SMARTS) is 1. The Balaban J connectivity index is 3.27. The van der Waals surface area contributed by atoms with Crippen molar-refractivity contribution >= 4 is 17.5 Å². The molecule has 0 bridgehead atoms. The average molecular weight is 277 g/mol. The summed E-state index contributed by atoms with van der Waals surface area (Å²) in [5, 5.41) is 9.02. The first-order chi connectivity index (χ1) is 8.61. The van der Waals surface area contributed by atoms with Crippen molar-refractivity contribution < 1.29 is 23.1 Å². The molecule has 8 heteroatoms. The Kier molecular flexibility index (Phi) is 4.23. The zero-order valence-electron chi connectivity index (χ0n) is 10.4. The van der Waals surface area contributed by atoms with Crippen molar-refractivity contribution in [3.63, 3.8) is 0 Å². The summed E-state index contributed by atoms with van der Waals surface area (Å²) in [5.41, 5.74) is 5.13. The number of carboxylic acids is 1. The number of nitrogens with two attached hydrogens (primary N) is 1. The zero-order valence-corrected chi connectivity index (χ0v) is 10.4. The molecule has 1 heterocycles. The van der Waals surface area contributed by atoms with Gasteiger partial charge in [0.25, 0.3) is 0 Å². The fraction of sp³-hybridized carbons (Fsp3) is 0.455. The van der Waals surface area contributed by atoms with Gasteiger partial charge in [-0.15, -0.1) is 0 Å². The lowest BCUT2D eigenvalue weighted by Gasteiger charge is -2.29. The molecule has 0 fully saturated rings. The Morgan fingerprint density at radius 1 is 1.53 bits per heavy atom. The molecule has 3 N–H and O–H groups in total. The number of hydrogen-bond donors (Lipinski definition) is 2. The molecule has 0 aliphatic carbocycles. The second kappa shape index (κ2) is 5.33. The molecule has 1 aromatic rings. The van der Waals surface area contributed by atoms with E-state index in [0.29, 0.717) is 0 Å². The number of halogens is 3. The number of nitrogens with zero attached hydrogens (tertiary/aromatic N) is 2. The third kappa shape index (κ3) is 4.01. The summed E-state index contributed by atoms with van der Waals surface area (Å²) < 4.78 is 37.6. The highest BCUT2D eigenvalue weighted by Crippen LogP contribution is 2.26. The number of alkyl halides is 3. The molecule has 0 spiro atoms. The van der Waals surface area contributed by atoms with E-state index in [-0.39, 0.29) is 17.1 Å². The summed E-state index contributed by atoms with van der Waals surface area (Å²) in [6.07, 6.45) is -3.32. The molecular weight excluding hydrogens is 263 g/mol. The summed E-state index contributed by atoms with van der Waals surface area (Å²) in [4.78, 5) is 15.7. The van der Waals surface area contributed by atoms with Crippen LogP contribution in [0, 0.1) is 0 Å². The van der Waals surface area contributed by atoms with Crippen LogP contribution in [0.4, 0.5) is 24.7 Å². The monoisotopic (exact) mass is 277 g/mol. The van der Waals surface area contributed by atoms with Crippen LogP contribution in [0.5, 0.6) is 0 Å². The predicted molar refractivity (Wildman–Crippen MR) is 64.1 cm³/mol. The lowest BCUT2D eigenvalue weighted by molar-refractivity contribution is -0.120. The van der Waals surface area contributed by atoms with Gasteiger partial charge in [0.05, 0.1) is 11.9 Å². The lowest BCUT2D eigenvalue weighted by Crippen LogP contribution is -2.40. The molecule has 106 valence electrons. The van der Waals surface area contributed by atoms with E-state index in [2.05, 4.69) is 4.98 Å². The number of hydrogen-bond acceptors (Lipinski definition) is 4. The van der Waals surface area contributed by atoms with E-state index in [1.165, 1.54) is 13.8 Å². The summed E-state index contributed by atoms with van der Waals surface area (Å²) >= 11 is 0. The minimum Gasteiger partial charge on any atom is -0.478 e. The topological polar surface area (TPSA) is 79.5 Å². The number of aromatic carboxylic acids is 1. The van der Waals surface area contributed by atoms with Gasteiger partial charge in [0.1, 0.15) is 17.9 Å². The molecule has 0 aromatic carbocycles. The first kappa shape index (κ1) is 15.1. The summed E-state index contributed by atoms with van der Waals surface area (Å²) in [5.74, 6) is -1.61. The number of anilines is 2. The Bertz CT molecular complexity index is 475. The van der Waals surface area contributed by atoms with Gasteiger partial charge in [0.2, 0.25) is 0 Å². The fourth-order valence-corrected chi connectivity index (χ4v) is 1.56. The predicted octanol–water partition coefficient (Wildman–Crippen LogP) is 2.14. The highest BCUT2D eigenvalue weighted by Gasteiger charge is 2.34. The maximum Gasteiger partial charge on any atom is 0.405 e. The minimum atomic E-state index is -4.46. The Morgan fingerprint density at radius 2 is 2.11 bits per heavy atom. The van der Waals surface area contributed by atoms with Gasteiger partial charge in [0, 0.05) is 6.04 Å². The maximum absolute atomic E-state index is 12.5. The third-order valence-corrected chi connectivity index (χ3v) is 2.36. The summed E-state index contributed by atoms with van der Waals surface area (Å²) in [6, 6.07) is 0.534. The van der Waals surface area contributed by atoms with E-state index in [1.54, 1.807) is 0 Å². The highest BCUT2D eigenvalue weighted by molar-refractivity contribution is 5.94. The van der Waals surface area contributed by atoms with Crippen LogP contribution in [0.15, 0.2) is 12.3 Å². The standard InChI is InChI=1S/C11H14F3N3O2/c1-6(2)17(5-11(12,13)14)9-8(10(18)19)3-7(15)4-16-9/h3-4,6H,5,15H2,1-2H3,(H,18,19). The number of aromatic nitrogens is 1. The molecule has 1 rings (SSSR count). The molecule has 0 unspecified atom stereocenters. The molecule has 1 aromatic heterocycles. The van der Waals surface area contributed by atoms with Gasteiger partial charge in [-0.1, -0.05) is 0 Å². The minimum absolute atomic E-state index is 0.0804. The molecule has 0 saturated heterocycles. The molecule has 0 radical (unpaired) electrons. The Morgan fingerprint density at radius 3 is 2.53 bits per heavy atom. The van der Waals surface area contributed by atoms with E-state index in [1.807, 2.05) is 0 Å². The normalized spacial score (nSPS) is 11.7. The van der Waals surface area contributed by atoms with Crippen LogP contribution < -0.4 is 10.6 Å². The van der Waals surface area contributed by atoms with Crippen LogP contribution in [0.3, 0.4) is 0 Å². The van der Waals surface area contributed by atoms with Gasteiger partial charge in [-0.25, -0.2) is 9.78 Å². The average Bonchev–Trinajstić information content (AvgIpc) is 2.24. The summed E-state index contributed by atoms with van der Waals surface area (Å²) in [6.45, 7) is 1.77. The highest BCUT2D eigenvalue weighted by atomic mass is 19.4. The lowest BCUT2D eigenvalue weighted by atomic mass is 10.2. The Hall–Kier alpha value is -1.99. The number of pyridine rings is 1. The van der Waals surface area contributed by atoms with Crippen molar-refractivity contribution in [2.24, 2.45) is 0 Å². The quantitative estimate of drug-likeness (QED) is 0.881. The number of carbonyl (C=O) groups is 1. The molecule has 5 nitrogen and oxygen atoms in total. The molecule has 0 aliphatic rings. The molecular formula is C11H14F3N3O2. The van der Waals surface area contributed by atoms with Gasteiger partial charge < -0.3 is 15.7 Å². The van der Waals surface area contributed by atoms with Gasteiger partial charge >= 0.3 is 12.1 Å². The van der Waals surface area contributed by atoms with Crippen molar-refractivity contribution in [1.29, 1.82) is 0 Å². The molecule has 0 saturated carbocycles. The second-order valence-corrected chi connectivity index (χ2v) is 4.28. The molecule has 0 amide bonds. The van der Waals surface area contributed by atoms with Gasteiger partial charge in [0.15, 0.2) is 0 Å². The Labute approximate surface area is 107 Å². The van der Waals surface area contributed by atoms with Crippen molar-refractivity contribution in [2.45, 2.75) is 26.1 Å². The van der Waals surface area contributed by atoms with Crippen molar-refractivity contribution in [3.8, 4) is 0 Å². The second-order valence-electron chi connectivity index (χ2n) is 4.28. The van der Waals surface area contributed by atoms with Crippen LogP contribution >= 0.6 is 0 Å². The molecule has 19 heavy (non-hydrogen) atoms. The van der Waals surface area contributed by atoms with Crippen LogP contribution in [-0.2, 0) is 0 Å². The summed E-state index contributed by atoms with van der Waals surface area (Å²) in [7, 11) is 0. The van der Waals surface area contributed by atoms with Crippen LogP contribution in [0.1, 0.15) is 24.2 Å². The molecule has 0 atom stereocenters. The van der Waals surface area contributed by atoms with Crippen LogP contribution in [0.25, 0.3) is 0 Å².